The van der Waals surface area contributed by atoms with Crippen molar-refractivity contribution in [2.75, 3.05) is 5.32 Å². The molecule has 18 heavy (non-hydrogen) atoms. The number of rotatable bonds is 4. The SMILES string of the molecule is Cc1ccn2nc(NC(C(N)=O)C(C)C)nc2c1. The number of nitrogens with zero attached hydrogens (tertiary/aromatic N) is 3. The van der Waals surface area contributed by atoms with Crippen molar-refractivity contribution >= 4 is 17.5 Å². The van der Waals surface area contributed by atoms with Gasteiger partial charge >= 0.3 is 0 Å². The van der Waals surface area contributed by atoms with Crippen LogP contribution in [0.4, 0.5) is 5.95 Å². The van der Waals surface area contributed by atoms with E-state index in [1.54, 1.807) is 4.52 Å². The van der Waals surface area contributed by atoms with E-state index in [0.29, 0.717) is 5.95 Å². The minimum absolute atomic E-state index is 0.0795. The summed E-state index contributed by atoms with van der Waals surface area (Å²) in [5, 5.41) is 7.21. The molecule has 0 radical (unpaired) electrons. The highest BCUT2D eigenvalue weighted by Crippen LogP contribution is 2.11. The number of nitrogens with one attached hydrogen (secondary N) is 1. The van der Waals surface area contributed by atoms with E-state index >= 15 is 0 Å². The highest BCUT2D eigenvalue weighted by atomic mass is 16.1. The van der Waals surface area contributed by atoms with Crippen LogP contribution in [0, 0.1) is 12.8 Å². The van der Waals surface area contributed by atoms with Crippen molar-refractivity contribution in [3.8, 4) is 0 Å². The van der Waals surface area contributed by atoms with Crippen molar-refractivity contribution in [3.63, 3.8) is 0 Å². The van der Waals surface area contributed by atoms with Crippen LogP contribution >= 0.6 is 0 Å². The van der Waals surface area contributed by atoms with Gasteiger partial charge in [0, 0.05) is 6.20 Å². The predicted molar refractivity (Wildman–Crippen MR) is 69.2 cm³/mol. The molecule has 0 bridgehead atoms. The maximum atomic E-state index is 11.3. The van der Waals surface area contributed by atoms with Crippen molar-refractivity contribution in [1.82, 2.24) is 14.6 Å². The second kappa shape index (κ2) is 4.64. The summed E-state index contributed by atoms with van der Waals surface area (Å²) in [5.41, 5.74) is 7.19. The van der Waals surface area contributed by atoms with Gasteiger partial charge in [0.25, 0.3) is 0 Å². The van der Waals surface area contributed by atoms with Crippen LogP contribution in [0.25, 0.3) is 5.65 Å². The molecule has 0 fully saturated rings. The summed E-state index contributed by atoms with van der Waals surface area (Å²) in [6.07, 6.45) is 1.83. The van der Waals surface area contributed by atoms with Crippen LogP contribution in [0.1, 0.15) is 19.4 Å². The first kappa shape index (κ1) is 12.3. The number of nitrogens with two attached hydrogens (primary N) is 1. The average molecular weight is 247 g/mol. The molecule has 0 spiro atoms. The molecule has 6 heteroatoms. The van der Waals surface area contributed by atoms with Crippen LogP contribution in [0.2, 0.25) is 0 Å². The summed E-state index contributed by atoms with van der Waals surface area (Å²) in [6, 6.07) is 3.40. The smallest absolute Gasteiger partial charge is 0.243 e. The highest BCUT2D eigenvalue weighted by Gasteiger charge is 2.20. The summed E-state index contributed by atoms with van der Waals surface area (Å²) >= 11 is 0. The third kappa shape index (κ3) is 2.42. The van der Waals surface area contributed by atoms with Gasteiger partial charge in [-0.3, -0.25) is 4.79 Å². The second-order valence-corrected chi connectivity index (χ2v) is 4.71. The standard InChI is InChI=1S/C12H17N5O/c1-7(2)10(11(13)18)15-12-14-9-6-8(3)4-5-17(9)16-12/h4-7,10H,1-3H3,(H2,13,18)(H,15,16). The predicted octanol–water partition coefficient (Wildman–Crippen LogP) is 0.960. The number of pyridine rings is 1. The Morgan fingerprint density at radius 2 is 2.22 bits per heavy atom. The summed E-state index contributed by atoms with van der Waals surface area (Å²) in [5.74, 6) is 0.0917. The topological polar surface area (TPSA) is 85.3 Å². The van der Waals surface area contributed by atoms with Crippen LogP contribution in [-0.4, -0.2) is 26.5 Å². The number of fused-ring (bicyclic) bond motifs is 1. The van der Waals surface area contributed by atoms with E-state index in [1.165, 1.54) is 0 Å². The van der Waals surface area contributed by atoms with Gasteiger partial charge in [-0.1, -0.05) is 13.8 Å². The van der Waals surface area contributed by atoms with E-state index < -0.39 is 11.9 Å². The number of hydrogen-bond acceptors (Lipinski definition) is 4. The number of carbonyl (C=O) groups is 1. The number of aryl methyl sites for hydroxylation is 1. The summed E-state index contributed by atoms with van der Waals surface area (Å²) in [4.78, 5) is 15.6. The molecular formula is C12H17N5O. The lowest BCUT2D eigenvalue weighted by Gasteiger charge is -2.17. The van der Waals surface area contributed by atoms with Gasteiger partial charge in [0.2, 0.25) is 11.9 Å². The highest BCUT2D eigenvalue weighted by molar-refractivity contribution is 5.82. The molecule has 96 valence electrons. The number of hydrogen-bond donors (Lipinski definition) is 2. The van der Waals surface area contributed by atoms with Crippen molar-refractivity contribution in [2.45, 2.75) is 26.8 Å². The Bertz CT molecular complexity index is 575. The minimum Gasteiger partial charge on any atom is -0.368 e. The maximum absolute atomic E-state index is 11.3. The zero-order valence-corrected chi connectivity index (χ0v) is 10.7. The fourth-order valence-electron chi connectivity index (χ4n) is 1.75. The first-order valence-electron chi connectivity index (χ1n) is 5.86. The van der Waals surface area contributed by atoms with E-state index in [2.05, 4.69) is 15.4 Å². The third-order valence-electron chi connectivity index (χ3n) is 2.75. The van der Waals surface area contributed by atoms with Crippen molar-refractivity contribution in [1.29, 1.82) is 0 Å². The van der Waals surface area contributed by atoms with Crippen molar-refractivity contribution < 1.29 is 4.79 Å². The largest absolute Gasteiger partial charge is 0.368 e. The number of aromatic nitrogens is 3. The molecule has 0 aliphatic carbocycles. The van der Waals surface area contributed by atoms with Crippen molar-refractivity contribution in [3.05, 3.63) is 23.9 Å². The molecule has 2 aromatic heterocycles. The fourth-order valence-corrected chi connectivity index (χ4v) is 1.75. The maximum Gasteiger partial charge on any atom is 0.243 e. The second-order valence-electron chi connectivity index (χ2n) is 4.71. The van der Waals surface area contributed by atoms with E-state index in [0.717, 1.165) is 11.2 Å². The molecule has 3 N–H and O–H groups in total. The Hall–Kier alpha value is -2.11. The number of carbonyl (C=O) groups excluding carboxylic acids is 1. The molecule has 2 rings (SSSR count). The van der Waals surface area contributed by atoms with E-state index in [9.17, 15) is 4.79 Å². The van der Waals surface area contributed by atoms with Gasteiger partial charge in [-0.25, -0.2) is 4.52 Å². The van der Waals surface area contributed by atoms with Gasteiger partial charge in [-0.15, -0.1) is 5.10 Å². The quantitative estimate of drug-likeness (QED) is 0.842. The first-order valence-corrected chi connectivity index (χ1v) is 5.86. The minimum atomic E-state index is -0.469. The lowest BCUT2D eigenvalue weighted by Crippen LogP contribution is -2.39. The van der Waals surface area contributed by atoms with Gasteiger partial charge in [-0.2, -0.15) is 4.98 Å². The lowest BCUT2D eigenvalue weighted by molar-refractivity contribution is -0.119. The molecular weight excluding hydrogens is 230 g/mol. The Morgan fingerprint density at radius 3 is 2.83 bits per heavy atom. The Balaban J connectivity index is 2.28. The lowest BCUT2D eigenvalue weighted by atomic mass is 10.0. The van der Waals surface area contributed by atoms with Gasteiger partial charge in [0.1, 0.15) is 6.04 Å². The zero-order valence-electron chi connectivity index (χ0n) is 10.7. The van der Waals surface area contributed by atoms with Gasteiger partial charge in [0.15, 0.2) is 5.65 Å². The average Bonchev–Trinajstić information content (AvgIpc) is 2.66. The number of amides is 1. The van der Waals surface area contributed by atoms with Gasteiger partial charge < -0.3 is 11.1 Å². The normalized spacial score (nSPS) is 12.9. The molecule has 0 saturated carbocycles. The molecule has 1 atom stereocenters. The molecule has 6 nitrogen and oxygen atoms in total. The monoisotopic (exact) mass is 247 g/mol. The fraction of sp³-hybridized carbons (Fsp3) is 0.417. The molecule has 2 heterocycles. The molecule has 0 aliphatic rings. The van der Waals surface area contributed by atoms with Crippen LogP contribution < -0.4 is 11.1 Å². The molecule has 0 aromatic carbocycles. The summed E-state index contributed by atoms with van der Waals surface area (Å²) in [7, 11) is 0. The Kier molecular flexibility index (Phi) is 3.18. The Labute approximate surface area is 105 Å². The van der Waals surface area contributed by atoms with Crippen LogP contribution in [0.5, 0.6) is 0 Å². The summed E-state index contributed by atoms with van der Waals surface area (Å²) < 4.78 is 1.66. The number of anilines is 1. The molecule has 1 amide bonds. The molecule has 0 saturated heterocycles. The third-order valence-corrected chi connectivity index (χ3v) is 2.75. The first-order chi connectivity index (χ1) is 8.47. The van der Waals surface area contributed by atoms with Gasteiger partial charge in [0.05, 0.1) is 0 Å². The van der Waals surface area contributed by atoms with E-state index in [1.807, 2.05) is 39.1 Å². The number of primary amides is 1. The molecule has 1 unspecified atom stereocenters. The molecule has 0 aliphatic heterocycles. The Morgan fingerprint density at radius 1 is 1.50 bits per heavy atom. The summed E-state index contributed by atoms with van der Waals surface area (Å²) in [6.45, 7) is 5.83. The van der Waals surface area contributed by atoms with Crippen LogP contribution in [-0.2, 0) is 4.79 Å². The van der Waals surface area contributed by atoms with Crippen molar-refractivity contribution in [2.24, 2.45) is 11.7 Å². The van der Waals surface area contributed by atoms with Crippen LogP contribution in [0.3, 0.4) is 0 Å². The van der Waals surface area contributed by atoms with Gasteiger partial charge in [-0.05, 0) is 30.5 Å². The van der Waals surface area contributed by atoms with E-state index in [-0.39, 0.29) is 5.92 Å². The zero-order chi connectivity index (χ0) is 13.3. The van der Waals surface area contributed by atoms with E-state index in [4.69, 9.17) is 5.73 Å². The van der Waals surface area contributed by atoms with Crippen LogP contribution in [0.15, 0.2) is 18.3 Å². The molecule has 2 aromatic rings.